The Morgan fingerprint density at radius 1 is 1.25 bits per heavy atom. The van der Waals surface area contributed by atoms with E-state index in [0.29, 0.717) is 5.95 Å². The summed E-state index contributed by atoms with van der Waals surface area (Å²) < 4.78 is 6.65. The summed E-state index contributed by atoms with van der Waals surface area (Å²) in [5.74, 6) is 2.07. The summed E-state index contributed by atoms with van der Waals surface area (Å²) in [6.07, 6.45) is 3.56. The van der Waals surface area contributed by atoms with Crippen LogP contribution in [0.2, 0.25) is 0 Å². The number of carbonyl (C=O) groups is 1. The summed E-state index contributed by atoms with van der Waals surface area (Å²) in [6, 6.07) is 4.54. The number of rotatable bonds is 4. The van der Waals surface area contributed by atoms with E-state index in [1.165, 1.54) is 0 Å². The number of fused-ring (bicyclic) bond motifs is 3. The van der Waals surface area contributed by atoms with Crippen LogP contribution in [0.4, 0.5) is 22.4 Å². The maximum absolute atomic E-state index is 12.7. The number of carbonyl (C=O) groups excluding carboxylic acids is 1. The van der Waals surface area contributed by atoms with Gasteiger partial charge in [-0.2, -0.15) is 10.1 Å². The van der Waals surface area contributed by atoms with E-state index in [9.17, 15) is 4.79 Å². The van der Waals surface area contributed by atoms with Crippen LogP contribution in [-0.2, 0) is 4.74 Å². The molecular weight excluding hydrogens is 426 g/mol. The molecule has 2 atom stereocenters. The molecule has 3 N–H and O–H groups in total. The molecule has 2 saturated heterocycles. The highest BCUT2D eigenvalue weighted by Crippen LogP contribution is 2.38. The first kappa shape index (κ1) is 21.0. The highest BCUT2D eigenvalue weighted by Gasteiger charge is 2.45. The third kappa shape index (κ3) is 4.23. The number of anilines is 3. The van der Waals surface area contributed by atoms with Crippen LogP contribution in [0.25, 0.3) is 10.2 Å². The molecule has 2 unspecified atom stereocenters. The van der Waals surface area contributed by atoms with Crippen molar-refractivity contribution in [3.8, 4) is 0 Å². The molecule has 0 aliphatic carbocycles. The second kappa shape index (κ2) is 7.91. The molecule has 0 radical (unpaired) electrons. The van der Waals surface area contributed by atoms with Crippen molar-refractivity contribution in [2.45, 2.75) is 77.1 Å². The van der Waals surface area contributed by atoms with Crippen molar-refractivity contribution in [1.82, 2.24) is 25.1 Å². The number of aryl methyl sites for hydroxylation is 1. The smallest absolute Gasteiger partial charge is 0.410 e. The van der Waals surface area contributed by atoms with Crippen molar-refractivity contribution < 1.29 is 9.53 Å². The van der Waals surface area contributed by atoms with Crippen LogP contribution >= 0.6 is 11.3 Å². The van der Waals surface area contributed by atoms with Gasteiger partial charge in [0.25, 0.3) is 0 Å². The zero-order chi connectivity index (χ0) is 22.5. The Hall–Kier alpha value is -2.88. The molecule has 0 aromatic carbocycles. The molecule has 5 heterocycles. The first-order chi connectivity index (χ1) is 15.2. The SMILES string of the molecule is Cc1cc(Nc2nc(NC3CC4CCC(C3)N4C(=O)OC(C)(C)C)nc3ccsc23)n[nH]1. The average molecular weight is 456 g/mol. The molecule has 3 aromatic heterocycles. The Bertz CT molecular complexity index is 1120. The number of hydrogen-bond donors (Lipinski definition) is 3. The van der Waals surface area contributed by atoms with E-state index in [1.807, 2.05) is 50.1 Å². The summed E-state index contributed by atoms with van der Waals surface area (Å²) in [4.78, 5) is 24.2. The first-order valence-electron chi connectivity index (χ1n) is 11.1. The second-order valence-corrected chi connectivity index (χ2v) is 10.6. The van der Waals surface area contributed by atoms with E-state index < -0.39 is 5.60 Å². The maximum atomic E-state index is 12.7. The maximum Gasteiger partial charge on any atom is 0.410 e. The minimum atomic E-state index is -0.480. The Morgan fingerprint density at radius 2 is 2.00 bits per heavy atom. The Balaban J connectivity index is 1.32. The minimum Gasteiger partial charge on any atom is -0.444 e. The van der Waals surface area contributed by atoms with Gasteiger partial charge in [-0.1, -0.05) is 0 Å². The van der Waals surface area contributed by atoms with Crippen molar-refractivity contribution >= 4 is 45.2 Å². The van der Waals surface area contributed by atoms with Crippen LogP contribution in [0.5, 0.6) is 0 Å². The summed E-state index contributed by atoms with van der Waals surface area (Å²) in [5.41, 5.74) is 1.40. The lowest BCUT2D eigenvalue weighted by Gasteiger charge is -2.39. The molecule has 1 amide bonds. The summed E-state index contributed by atoms with van der Waals surface area (Å²) >= 11 is 1.60. The molecule has 5 rings (SSSR count). The lowest BCUT2D eigenvalue weighted by Crippen LogP contribution is -2.51. The molecule has 0 spiro atoms. The van der Waals surface area contributed by atoms with Crippen LogP contribution < -0.4 is 10.6 Å². The van der Waals surface area contributed by atoms with Gasteiger partial charge in [-0.15, -0.1) is 11.3 Å². The number of ether oxygens (including phenoxy) is 1. The lowest BCUT2D eigenvalue weighted by molar-refractivity contribution is 0.00682. The van der Waals surface area contributed by atoms with Crippen LogP contribution in [0, 0.1) is 6.92 Å². The van der Waals surface area contributed by atoms with Gasteiger partial charge in [0.15, 0.2) is 11.6 Å². The molecule has 10 heteroatoms. The third-order valence-corrected chi connectivity index (χ3v) is 6.84. The number of piperidine rings is 1. The third-order valence-electron chi connectivity index (χ3n) is 5.93. The van der Waals surface area contributed by atoms with Crippen molar-refractivity contribution in [3.63, 3.8) is 0 Å². The molecule has 3 aromatic rings. The van der Waals surface area contributed by atoms with Crippen LogP contribution in [0.1, 0.15) is 52.1 Å². The number of hydrogen-bond acceptors (Lipinski definition) is 8. The topological polar surface area (TPSA) is 108 Å². The number of aromatic nitrogens is 4. The van der Waals surface area contributed by atoms with Gasteiger partial charge in [-0.25, -0.2) is 9.78 Å². The van der Waals surface area contributed by atoms with Gasteiger partial charge < -0.3 is 20.3 Å². The van der Waals surface area contributed by atoms with Gasteiger partial charge in [-0.05, 0) is 64.8 Å². The molecule has 9 nitrogen and oxygen atoms in total. The van der Waals surface area contributed by atoms with Crippen molar-refractivity contribution in [1.29, 1.82) is 0 Å². The predicted octanol–water partition coefficient (Wildman–Crippen LogP) is 4.81. The van der Waals surface area contributed by atoms with E-state index in [2.05, 4.69) is 20.8 Å². The van der Waals surface area contributed by atoms with Gasteiger partial charge in [0.05, 0.1) is 10.2 Å². The molecule has 32 heavy (non-hydrogen) atoms. The highest BCUT2D eigenvalue weighted by molar-refractivity contribution is 7.17. The normalized spacial score (nSPS) is 22.9. The van der Waals surface area contributed by atoms with Crippen LogP contribution in [-0.4, -0.2) is 54.9 Å². The Morgan fingerprint density at radius 3 is 2.66 bits per heavy atom. The Labute approximate surface area is 191 Å². The quantitative estimate of drug-likeness (QED) is 0.518. The van der Waals surface area contributed by atoms with E-state index >= 15 is 0 Å². The van der Waals surface area contributed by atoms with Gasteiger partial charge in [0.2, 0.25) is 5.95 Å². The van der Waals surface area contributed by atoms with E-state index in [-0.39, 0.29) is 24.2 Å². The zero-order valence-corrected chi connectivity index (χ0v) is 19.6. The number of nitrogens with one attached hydrogen (secondary N) is 3. The predicted molar refractivity (Wildman–Crippen MR) is 126 cm³/mol. The molecule has 2 aliphatic rings. The standard InChI is InChI=1S/C22H29N7O2S/c1-12-9-17(28-27-12)25-19-18-16(7-8-32-18)24-20(26-19)23-13-10-14-5-6-15(11-13)29(14)21(30)31-22(2,3)4/h7-9,13-15H,5-6,10-11H2,1-4H3,(H3,23,24,25,26,27,28). The van der Waals surface area contributed by atoms with Crippen LogP contribution in [0.15, 0.2) is 17.5 Å². The fraction of sp³-hybridized carbons (Fsp3) is 0.545. The van der Waals surface area contributed by atoms with Gasteiger partial charge in [0, 0.05) is 29.9 Å². The minimum absolute atomic E-state index is 0.190. The van der Waals surface area contributed by atoms with Crippen LogP contribution in [0.3, 0.4) is 0 Å². The lowest BCUT2D eigenvalue weighted by atomic mass is 9.98. The fourth-order valence-corrected chi connectivity index (χ4v) is 5.48. The van der Waals surface area contributed by atoms with Gasteiger partial charge in [0.1, 0.15) is 5.60 Å². The second-order valence-electron chi connectivity index (χ2n) is 9.68. The first-order valence-corrected chi connectivity index (χ1v) is 12.0. The number of aromatic amines is 1. The molecule has 170 valence electrons. The summed E-state index contributed by atoms with van der Waals surface area (Å²) in [5, 5.41) is 16.1. The number of nitrogens with zero attached hydrogens (tertiary/aromatic N) is 4. The zero-order valence-electron chi connectivity index (χ0n) is 18.8. The van der Waals surface area contributed by atoms with Gasteiger partial charge in [-0.3, -0.25) is 5.10 Å². The molecule has 2 aliphatic heterocycles. The number of thiophene rings is 1. The Kier molecular flexibility index (Phi) is 5.19. The highest BCUT2D eigenvalue weighted by atomic mass is 32.1. The van der Waals surface area contributed by atoms with E-state index in [4.69, 9.17) is 14.7 Å². The monoisotopic (exact) mass is 455 g/mol. The number of H-pyrrole nitrogens is 1. The number of amides is 1. The van der Waals surface area contributed by atoms with E-state index in [1.54, 1.807) is 11.3 Å². The molecule has 2 bridgehead atoms. The summed E-state index contributed by atoms with van der Waals surface area (Å²) in [7, 11) is 0. The van der Waals surface area contributed by atoms with Gasteiger partial charge >= 0.3 is 6.09 Å². The molecule has 0 saturated carbocycles. The summed E-state index contributed by atoms with van der Waals surface area (Å²) in [6.45, 7) is 7.70. The van der Waals surface area contributed by atoms with Crippen molar-refractivity contribution in [2.24, 2.45) is 0 Å². The van der Waals surface area contributed by atoms with E-state index in [0.717, 1.165) is 53.2 Å². The van der Waals surface area contributed by atoms with Crippen molar-refractivity contribution in [2.75, 3.05) is 10.6 Å². The van der Waals surface area contributed by atoms with Crippen molar-refractivity contribution in [3.05, 3.63) is 23.2 Å². The molecule has 2 fully saturated rings. The fourth-order valence-electron chi connectivity index (χ4n) is 4.71. The largest absolute Gasteiger partial charge is 0.444 e. The average Bonchev–Trinajstić information content (AvgIpc) is 3.39. The molecular formula is C22H29N7O2S.